The molecule has 2 fully saturated rings. The SMILES string of the molecule is CC(C)CN(C1CC1)C1CCCCC1CN. The van der Waals surface area contributed by atoms with Gasteiger partial charge < -0.3 is 5.73 Å². The third kappa shape index (κ3) is 2.98. The van der Waals surface area contributed by atoms with E-state index in [1.54, 1.807) is 0 Å². The molecule has 2 nitrogen and oxygen atoms in total. The van der Waals surface area contributed by atoms with Gasteiger partial charge >= 0.3 is 0 Å². The molecule has 0 aromatic heterocycles. The van der Waals surface area contributed by atoms with Crippen LogP contribution in [0.25, 0.3) is 0 Å². The van der Waals surface area contributed by atoms with Crippen LogP contribution in [0.5, 0.6) is 0 Å². The Morgan fingerprint density at radius 1 is 1.12 bits per heavy atom. The van der Waals surface area contributed by atoms with Gasteiger partial charge in [-0.15, -0.1) is 0 Å². The van der Waals surface area contributed by atoms with E-state index in [1.807, 2.05) is 0 Å². The molecule has 2 saturated carbocycles. The van der Waals surface area contributed by atoms with Crippen molar-refractivity contribution in [1.82, 2.24) is 4.90 Å². The molecule has 2 aliphatic rings. The molecule has 2 rings (SSSR count). The summed E-state index contributed by atoms with van der Waals surface area (Å²) < 4.78 is 0. The topological polar surface area (TPSA) is 29.3 Å². The van der Waals surface area contributed by atoms with Crippen molar-refractivity contribution in [2.24, 2.45) is 17.6 Å². The monoisotopic (exact) mass is 224 g/mol. The lowest BCUT2D eigenvalue weighted by Gasteiger charge is -2.40. The maximum Gasteiger partial charge on any atom is 0.0139 e. The second kappa shape index (κ2) is 5.50. The Kier molecular flexibility index (Phi) is 4.26. The lowest BCUT2D eigenvalue weighted by atomic mass is 9.83. The lowest BCUT2D eigenvalue weighted by molar-refractivity contribution is 0.0875. The second-order valence-corrected chi connectivity index (χ2v) is 6.17. The minimum atomic E-state index is 0.771. The van der Waals surface area contributed by atoms with Crippen LogP contribution in [0.1, 0.15) is 52.4 Å². The minimum Gasteiger partial charge on any atom is -0.330 e. The molecule has 0 aliphatic heterocycles. The van der Waals surface area contributed by atoms with Gasteiger partial charge in [-0.25, -0.2) is 0 Å². The van der Waals surface area contributed by atoms with E-state index in [2.05, 4.69) is 18.7 Å². The molecule has 0 bridgehead atoms. The van der Waals surface area contributed by atoms with E-state index in [9.17, 15) is 0 Å². The van der Waals surface area contributed by atoms with Gasteiger partial charge in [0, 0.05) is 18.6 Å². The van der Waals surface area contributed by atoms with Gasteiger partial charge in [-0.1, -0.05) is 26.7 Å². The van der Waals surface area contributed by atoms with Crippen LogP contribution in [0, 0.1) is 11.8 Å². The van der Waals surface area contributed by atoms with Gasteiger partial charge in [-0.05, 0) is 44.1 Å². The number of nitrogens with zero attached hydrogens (tertiary/aromatic N) is 1. The van der Waals surface area contributed by atoms with Gasteiger partial charge in [0.05, 0.1) is 0 Å². The maximum atomic E-state index is 5.96. The first kappa shape index (κ1) is 12.4. The van der Waals surface area contributed by atoms with Crippen LogP contribution < -0.4 is 5.73 Å². The van der Waals surface area contributed by atoms with Crippen LogP contribution in [0.15, 0.2) is 0 Å². The zero-order chi connectivity index (χ0) is 11.5. The second-order valence-electron chi connectivity index (χ2n) is 6.17. The first-order valence-electron chi connectivity index (χ1n) is 7.18. The predicted molar refractivity (Wildman–Crippen MR) is 69.4 cm³/mol. The van der Waals surface area contributed by atoms with Crippen LogP contribution in [0.4, 0.5) is 0 Å². The average molecular weight is 224 g/mol. The zero-order valence-electron chi connectivity index (χ0n) is 11.0. The summed E-state index contributed by atoms with van der Waals surface area (Å²) in [5.41, 5.74) is 5.96. The Labute approximate surface area is 101 Å². The van der Waals surface area contributed by atoms with Crippen molar-refractivity contribution in [3.63, 3.8) is 0 Å². The Balaban J connectivity index is 1.98. The molecule has 2 N–H and O–H groups in total. The number of nitrogens with two attached hydrogens (primary N) is 1. The smallest absolute Gasteiger partial charge is 0.0139 e. The summed E-state index contributed by atoms with van der Waals surface area (Å²) in [5.74, 6) is 1.56. The van der Waals surface area contributed by atoms with Gasteiger partial charge in [0.15, 0.2) is 0 Å². The highest BCUT2D eigenvalue weighted by atomic mass is 15.2. The van der Waals surface area contributed by atoms with Crippen molar-refractivity contribution in [2.75, 3.05) is 13.1 Å². The standard InChI is InChI=1S/C14H28N2/c1-11(2)10-16(13-7-8-13)14-6-4-3-5-12(14)9-15/h11-14H,3-10,15H2,1-2H3. The van der Waals surface area contributed by atoms with Crippen molar-refractivity contribution in [3.8, 4) is 0 Å². The quantitative estimate of drug-likeness (QED) is 0.778. The van der Waals surface area contributed by atoms with Crippen molar-refractivity contribution < 1.29 is 0 Å². The predicted octanol–water partition coefficient (Wildman–Crippen LogP) is 2.62. The van der Waals surface area contributed by atoms with E-state index in [1.165, 1.54) is 45.1 Å². The summed E-state index contributed by atoms with van der Waals surface area (Å²) in [5, 5.41) is 0. The van der Waals surface area contributed by atoms with Gasteiger partial charge in [0.25, 0.3) is 0 Å². The summed E-state index contributed by atoms with van der Waals surface area (Å²) in [6, 6.07) is 1.70. The first-order valence-corrected chi connectivity index (χ1v) is 7.18. The van der Waals surface area contributed by atoms with Crippen LogP contribution in [0.3, 0.4) is 0 Å². The third-order valence-electron chi connectivity index (χ3n) is 4.19. The molecule has 16 heavy (non-hydrogen) atoms. The van der Waals surface area contributed by atoms with Crippen LogP contribution >= 0.6 is 0 Å². The molecule has 0 heterocycles. The van der Waals surface area contributed by atoms with Crippen molar-refractivity contribution in [3.05, 3.63) is 0 Å². The molecular weight excluding hydrogens is 196 g/mol. The van der Waals surface area contributed by atoms with Gasteiger partial charge in [0.2, 0.25) is 0 Å². The normalized spacial score (nSPS) is 31.3. The molecule has 0 saturated heterocycles. The Hall–Kier alpha value is -0.0800. The molecule has 0 aromatic rings. The molecule has 94 valence electrons. The third-order valence-corrected chi connectivity index (χ3v) is 4.19. The van der Waals surface area contributed by atoms with Crippen molar-refractivity contribution >= 4 is 0 Å². The molecule has 2 heteroatoms. The Bertz CT molecular complexity index is 211. The van der Waals surface area contributed by atoms with Gasteiger partial charge in [0.1, 0.15) is 0 Å². The van der Waals surface area contributed by atoms with Crippen LogP contribution in [0.2, 0.25) is 0 Å². The van der Waals surface area contributed by atoms with Gasteiger partial charge in [-0.3, -0.25) is 4.90 Å². The van der Waals surface area contributed by atoms with E-state index in [0.29, 0.717) is 0 Å². The highest BCUT2D eigenvalue weighted by molar-refractivity contribution is 4.93. The maximum absolute atomic E-state index is 5.96. The molecular formula is C14H28N2. The molecule has 0 spiro atoms. The van der Waals surface area contributed by atoms with Crippen LogP contribution in [-0.4, -0.2) is 30.1 Å². The van der Waals surface area contributed by atoms with E-state index >= 15 is 0 Å². The fourth-order valence-electron chi connectivity index (χ4n) is 3.28. The van der Waals surface area contributed by atoms with Crippen molar-refractivity contribution in [2.45, 2.75) is 64.5 Å². The molecule has 0 aromatic carbocycles. The fourth-order valence-corrected chi connectivity index (χ4v) is 3.28. The minimum absolute atomic E-state index is 0.771. The van der Waals surface area contributed by atoms with E-state index in [4.69, 9.17) is 5.73 Å². The Morgan fingerprint density at radius 3 is 2.38 bits per heavy atom. The highest BCUT2D eigenvalue weighted by Crippen LogP contribution is 2.36. The molecule has 2 unspecified atom stereocenters. The molecule has 2 aliphatic carbocycles. The fraction of sp³-hybridized carbons (Fsp3) is 1.00. The zero-order valence-corrected chi connectivity index (χ0v) is 11.0. The Morgan fingerprint density at radius 2 is 1.81 bits per heavy atom. The number of hydrogen-bond donors (Lipinski definition) is 1. The van der Waals surface area contributed by atoms with E-state index in [-0.39, 0.29) is 0 Å². The van der Waals surface area contributed by atoms with Gasteiger partial charge in [-0.2, -0.15) is 0 Å². The average Bonchev–Trinajstić information content (AvgIpc) is 3.09. The number of hydrogen-bond acceptors (Lipinski definition) is 2. The summed E-state index contributed by atoms with van der Waals surface area (Å²) >= 11 is 0. The van der Waals surface area contributed by atoms with Crippen molar-refractivity contribution in [1.29, 1.82) is 0 Å². The summed E-state index contributed by atoms with van der Waals surface area (Å²) in [6.45, 7) is 6.86. The lowest BCUT2D eigenvalue weighted by Crippen LogP contribution is -2.47. The summed E-state index contributed by atoms with van der Waals surface area (Å²) in [6.07, 6.45) is 8.44. The van der Waals surface area contributed by atoms with E-state index in [0.717, 1.165) is 30.5 Å². The molecule has 0 amide bonds. The van der Waals surface area contributed by atoms with E-state index < -0.39 is 0 Å². The summed E-state index contributed by atoms with van der Waals surface area (Å²) in [7, 11) is 0. The highest BCUT2D eigenvalue weighted by Gasteiger charge is 2.37. The largest absolute Gasteiger partial charge is 0.330 e. The molecule has 0 radical (unpaired) electrons. The first-order chi connectivity index (χ1) is 7.72. The summed E-state index contributed by atoms with van der Waals surface area (Å²) in [4.78, 5) is 2.81. The van der Waals surface area contributed by atoms with Crippen LogP contribution in [-0.2, 0) is 0 Å². The number of rotatable bonds is 5. The molecule has 2 atom stereocenters.